The first-order valence-corrected chi connectivity index (χ1v) is 18.7. The van der Waals surface area contributed by atoms with Gasteiger partial charge in [-0.1, -0.05) is 24.3 Å². The number of hydrogen-bond acceptors (Lipinski definition) is 14. The van der Waals surface area contributed by atoms with Crippen molar-refractivity contribution >= 4 is 47.4 Å². The summed E-state index contributed by atoms with van der Waals surface area (Å²) in [5.74, 6) is -7.05. The molecule has 14 heteroatoms. The van der Waals surface area contributed by atoms with Crippen LogP contribution in [-0.2, 0) is 66.8 Å². The summed E-state index contributed by atoms with van der Waals surface area (Å²) >= 11 is 0. The molecule has 0 unspecified atom stereocenters. The first kappa shape index (κ1) is 49.7. The smallest absolute Gasteiger partial charge is 0.324 e. The minimum Gasteiger partial charge on any atom is -0.468 e. The van der Waals surface area contributed by atoms with Gasteiger partial charge in [-0.2, -0.15) is 0 Å². The molecule has 0 aliphatic heterocycles. The Bertz CT molecular complexity index is 1380. The van der Waals surface area contributed by atoms with E-state index in [0.29, 0.717) is 11.1 Å². The quantitative estimate of drug-likeness (QED) is 0.126. The lowest BCUT2D eigenvalue weighted by Crippen LogP contribution is -2.48. The van der Waals surface area contributed by atoms with Crippen LogP contribution in [0, 0.1) is 22.7 Å². The monoisotopic (exact) mass is 792 g/mol. The lowest BCUT2D eigenvalue weighted by molar-refractivity contribution is -0.188. The summed E-state index contributed by atoms with van der Waals surface area (Å²) in [6, 6.07) is 0. The Kier molecular flexibility index (Phi) is 16.6. The van der Waals surface area contributed by atoms with Gasteiger partial charge < -0.3 is 28.4 Å². The van der Waals surface area contributed by atoms with Crippen molar-refractivity contribution in [2.24, 2.45) is 22.7 Å². The molecule has 56 heavy (non-hydrogen) atoms. The van der Waals surface area contributed by atoms with Crippen molar-refractivity contribution in [2.75, 3.05) is 14.2 Å². The molecule has 2 rings (SSSR count). The topological polar surface area (TPSA) is 192 Å². The van der Waals surface area contributed by atoms with E-state index in [-0.39, 0.29) is 51.4 Å². The summed E-state index contributed by atoms with van der Waals surface area (Å²) < 4.78 is 31.4. The molecule has 0 radical (unpaired) electrons. The van der Waals surface area contributed by atoms with Crippen LogP contribution in [0.5, 0.6) is 0 Å². The summed E-state index contributed by atoms with van der Waals surface area (Å²) in [6.45, 7) is 28.2. The number of rotatable bonds is 6. The summed E-state index contributed by atoms with van der Waals surface area (Å²) in [4.78, 5) is 101. The summed E-state index contributed by atoms with van der Waals surface area (Å²) in [6.07, 6.45) is -0.631. The molecule has 316 valence electrons. The van der Waals surface area contributed by atoms with Gasteiger partial charge in [0.2, 0.25) is 0 Å². The fourth-order valence-electron chi connectivity index (χ4n) is 6.08. The zero-order valence-corrected chi connectivity index (χ0v) is 35.9. The average molecular weight is 793 g/mol. The molecule has 0 N–H and O–H groups in total. The van der Waals surface area contributed by atoms with E-state index < -0.39 is 92.5 Å². The largest absolute Gasteiger partial charge is 0.468 e. The third-order valence-electron chi connectivity index (χ3n) is 8.59. The minimum absolute atomic E-state index is 0.0128. The maximum atomic E-state index is 13.1. The predicted octanol–water partition coefficient (Wildman–Crippen LogP) is 6.29. The third-order valence-corrected chi connectivity index (χ3v) is 8.59. The van der Waals surface area contributed by atoms with Gasteiger partial charge in [-0.05, 0) is 122 Å². The number of carbonyl (C=O) groups is 8. The van der Waals surface area contributed by atoms with Crippen LogP contribution < -0.4 is 0 Å². The van der Waals surface area contributed by atoms with Crippen LogP contribution in [-0.4, -0.2) is 84.0 Å². The Morgan fingerprint density at radius 3 is 0.929 bits per heavy atom. The second-order valence-corrected chi connectivity index (χ2v) is 18.5. The molecule has 2 fully saturated rings. The number of hydrogen-bond donors (Lipinski definition) is 0. The number of methoxy groups -OCH3 is 2. The Morgan fingerprint density at radius 2 is 0.732 bits per heavy atom. The molecule has 0 aromatic heterocycles. The highest BCUT2D eigenvalue weighted by Crippen LogP contribution is 2.43. The molecule has 2 aliphatic carbocycles. The SMILES string of the molecule is C=C1C[C@@H](C(=O)OC)C(=O)CCC(C(=O)OC(C)(C)C)(C(=O)OC(C)(C)C)C1.C=C1C[C@H](C(=O)OC)C(=O)CCC(C(=O)OC(C)(C)C)(C(=O)OC(C)(C)C)C1. The Labute approximate surface area is 331 Å². The fourth-order valence-corrected chi connectivity index (χ4v) is 6.08. The molecule has 0 bridgehead atoms. The molecule has 0 aromatic rings. The van der Waals surface area contributed by atoms with Crippen LogP contribution in [0.15, 0.2) is 24.3 Å². The lowest BCUT2D eigenvalue weighted by atomic mass is 9.72. The molecule has 0 saturated heterocycles. The zero-order chi connectivity index (χ0) is 43.8. The van der Waals surface area contributed by atoms with Gasteiger partial charge in [0.25, 0.3) is 0 Å². The second-order valence-electron chi connectivity index (χ2n) is 18.5. The van der Waals surface area contributed by atoms with Crippen LogP contribution in [0.25, 0.3) is 0 Å². The highest BCUT2D eigenvalue weighted by atomic mass is 16.6. The molecule has 14 nitrogen and oxygen atoms in total. The van der Waals surface area contributed by atoms with Gasteiger partial charge in [-0.25, -0.2) is 0 Å². The number of carbonyl (C=O) groups excluding carboxylic acids is 8. The predicted molar refractivity (Wildman–Crippen MR) is 204 cm³/mol. The zero-order valence-electron chi connectivity index (χ0n) is 35.9. The van der Waals surface area contributed by atoms with Crippen LogP contribution in [0.4, 0.5) is 0 Å². The highest BCUT2D eigenvalue weighted by Gasteiger charge is 2.54. The van der Waals surface area contributed by atoms with Gasteiger partial charge in [0.1, 0.15) is 45.8 Å². The van der Waals surface area contributed by atoms with Crippen LogP contribution in [0.2, 0.25) is 0 Å². The second kappa shape index (κ2) is 18.7. The minimum atomic E-state index is -1.69. The van der Waals surface area contributed by atoms with E-state index in [2.05, 4.69) is 13.2 Å². The van der Waals surface area contributed by atoms with Crippen LogP contribution in [0.1, 0.15) is 134 Å². The van der Waals surface area contributed by atoms with Crippen molar-refractivity contribution in [1.82, 2.24) is 0 Å². The maximum Gasteiger partial charge on any atom is 0.324 e. The molecule has 2 saturated carbocycles. The van der Waals surface area contributed by atoms with Crippen molar-refractivity contribution < 1.29 is 66.8 Å². The fraction of sp³-hybridized carbons (Fsp3) is 0.714. The summed E-state index contributed by atoms with van der Waals surface area (Å²) in [5.41, 5.74) is -5.84. The average Bonchev–Trinajstić information content (AvgIpc) is 3.00. The van der Waals surface area contributed by atoms with Crippen molar-refractivity contribution in [3.63, 3.8) is 0 Å². The molecular formula is C42H64O14. The van der Waals surface area contributed by atoms with Gasteiger partial charge >= 0.3 is 35.8 Å². The molecular weight excluding hydrogens is 728 g/mol. The van der Waals surface area contributed by atoms with Crippen LogP contribution >= 0.6 is 0 Å². The Morgan fingerprint density at radius 1 is 0.500 bits per heavy atom. The first-order valence-electron chi connectivity index (χ1n) is 18.7. The molecule has 0 spiro atoms. The van der Waals surface area contributed by atoms with Gasteiger partial charge in [-0.3, -0.25) is 38.4 Å². The van der Waals surface area contributed by atoms with E-state index in [9.17, 15) is 38.4 Å². The van der Waals surface area contributed by atoms with E-state index in [1.54, 1.807) is 83.1 Å². The van der Waals surface area contributed by atoms with Gasteiger partial charge in [0.05, 0.1) is 14.2 Å². The van der Waals surface area contributed by atoms with E-state index in [0.717, 1.165) is 0 Å². The van der Waals surface area contributed by atoms with Crippen LogP contribution in [0.3, 0.4) is 0 Å². The molecule has 2 atom stereocenters. The summed E-state index contributed by atoms with van der Waals surface area (Å²) in [7, 11) is 2.42. The Hall–Kier alpha value is -4.36. The highest BCUT2D eigenvalue weighted by molar-refractivity contribution is 6.05. The molecule has 0 amide bonds. The number of ketones is 2. The van der Waals surface area contributed by atoms with E-state index in [1.807, 2.05) is 0 Å². The van der Waals surface area contributed by atoms with Gasteiger partial charge in [0.15, 0.2) is 10.8 Å². The van der Waals surface area contributed by atoms with Crippen molar-refractivity contribution in [3.8, 4) is 0 Å². The summed E-state index contributed by atoms with van der Waals surface area (Å²) in [5, 5.41) is 0. The molecule has 0 aromatic carbocycles. The van der Waals surface area contributed by atoms with Gasteiger partial charge in [-0.15, -0.1) is 0 Å². The Balaban J connectivity index is 0.000000560. The van der Waals surface area contributed by atoms with Crippen molar-refractivity contribution in [3.05, 3.63) is 24.3 Å². The number of allylic oxidation sites excluding steroid dienone is 2. The maximum absolute atomic E-state index is 13.1. The number of ether oxygens (including phenoxy) is 6. The third kappa shape index (κ3) is 14.6. The van der Waals surface area contributed by atoms with Gasteiger partial charge in [0, 0.05) is 12.8 Å². The first-order chi connectivity index (χ1) is 25.2. The van der Waals surface area contributed by atoms with E-state index in [1.165, 1.54) is 14.2 Å². The number of Topliss-reactive ketones (excluding diaryl/α,β-unsaturated/α-hetero) is 2. The van der Waals surface area contributed by atoms with E-state index in [4.69, 9.17) is 28.4 Å². The molecule has 0 heterocycles. The van der Waals surface area contributed by atoms with Crippen molar-refractivity contribution in [2.45, 2.75) is 157 Å². The number of esters is 6. The van der Waals surface area contributed by atoms with E-state index >= 15 is 0 Å². The standard InChI is InChI=1S/2C21H32O7/c2*1-13-11-14(16(23)26-8)15(22)9-10-21(12-13,17(24)27-19(2,3)4)18(25)28-20(5,6)7/h2*14H,1,9-12H2,2-8H3/t2*14-/m10/s1. The lowest BCUT2D eigenvalue weighted by Gasteiger charge is -2.36. The molecule has 2 aliphatic rings. The normalized spacial score (nSPS) is 20.6. The van der Waals surface area contributed by atoms with Crippen molar-refractivity contribution in [1.29, 1.82) is 0 Å².